The molecule has 1 fully saturated rings. The first kappa shape index (κ1) is 13.0. The SMILES string of the molecule is CCCCCC(O)CCN1CCCCC1. The van der Waals surface area contributed by atoms with Gasteiger partial charge < -0.3 is 10.0 Å². The summed E-state index contributed by atoms with van der Waals surface area (Å²) in [7, 11) is 0. The van der Waals surface area contributed by atoms with Crippen molar-refractivity contribution in [3.05, 3.63) is 0 Å². The maximum absolute atomic E-state index is 9.78. The fraction of sp³-hybridized carbons (Fsp3) is 1.00. The van der Waals surface area contributed by atoms with E-state index in [4.69, 9.17) is 0 Å². The topological polar surface area (TPSA) is 23.5 Å². The van der Waals surface area contributed by atoms with Crippen molar-refractivity contribution in [3.63, 3.8) is 0 Å². The lowest BCUT2D eigenvalue weighted by Crippen LogP contribution is -2.32. The molecule has 1 unspecified atom stereocenters. The third-order valence-electron chi connectivity index (χ3n) is 3.37. The van der Waals surface area contributed by atoms with Crippen LogP contribution in [-0.2, 0) is 0 Å². The first-order valence-corrected chi connectivity index (χ1v) is 6.73. The van der Waals surface area contributed by atoms with Crippen LogP contribution in [0.1, 0.15) is 58.3 Å². The van der Waals surface area contributed by atoms with E-state index in [2.05, 4.69) is 11.8 Å². The maximum Gasteiger partial charge on any atom is 0.0552 e. The standard InChI is InChI=1S/C13H27NO/c1-2-3-5-8-13(15)9-12-14-10-6-4-7-11-14/h13,15H,2-12H2,1H3. The number of hydrogen-bond donors (Lipinski definition) is 1. The lowest BCUT2D eigenvalue weighted by atomic mass is 10.1. The average Bonchev–Trinajstić information content (AvgIpc) is 2.28. The molecular formula is C13H27NO. The third kappa shape index (κ3) is 6.16. The van der Waals surface area contributed by atoms with Crippen molar-refractivity contribution < 1.29 is 5.11 Å². The van der Waals surface area contributed by atoms with Gasteiger partial charge in [-0.25, -0.2) is 0 Å². The molecule has 0 aromatic rings. The molecule has 0 aromatic heterocycles. The van der Waals surface area contributed by atoms with E-state index in [9.17, 15) is 5.11 Å². The molecule has 1 atom stereocenters. The van der Waals surface area contributed by atoms with E-state index in [1.807, 2.05) is 0 Å². The summed E-state index contributed by atoms with van der Waals surface area (Å²) in [4.78, 5) is 2.51. The second-order valence-electron chi connectivity index (χ2n) is 4.84. The summed E-state index contributed by atoms with van der Waals surface area (Å²) in [5.41, 5.74) is 0. The van der Waals surface area contributed by atoms with Crippen LogP contribution in [-0.4, -0.2) is 35.7 Å². The second kappa shape index (κ2) is 8.12. The molecule has 15 heavy (non-hydrogen) atoms. The molecule has 2 heteroatoms. The number of aliphatic hydroxyl groups is 1. The molecule has 1 rings (SSSR count). The Morgan fingerprint density at radius 1 is 1.07 bits per heavy atom. The van der Waals surface area contributed by atoms with Crippen LogP contribution >= 0.6 is 0 Å². The predicted octanol–water partition coefficient (Wildman–Crippen LogP) is 2.80. The summed E-state index contributed by atoms with van der Waals surface area (Å²) in [6.07, 6.45) is 9.73. The number of rotatable bonds is 7. The summed E-state index contributed by atoms with van der Waals surface area (Å²) in [6, 6.07) is 0. The highest BCUT2D eigenvalue weighted by Crippen LogP contribution is 2.11. The highest BCUT2D eigenvalue weighted by atomic mass is 16.3. The predicted molar refractivity (Wildman–Crippen MR) is 65.1 cm³/mol. The first-order valence-electron chi connectivity index (χ1n) is 6.73. The van der Waals surface area contributed by atoms with Gasteiger partial charge in [-0.15, -0.1) is 0 Å². The summed E-state index contributed by atoms with van der Waals surface area (Å²) in [6.45, 7) is 5.82. The molecule has 0 saturated carbocycles. The molecular weight excluding hydrogens is 186 g/mol. The zero-order chi connectivity index (χ0) is 10.9. The first-order chi connectivity index (χ1) is 7.33. The average molecular weight is 213 g/mol. The van der Waals surface area contributed by atoms with Crippen molar-refractivity contribution in [2.24, 2.45) is 0 Å². The summed E-state index contributed by atoms with van der Waals surface area (Å²) >= 11 is 0. The molecule has 2 nitrogen and oxygen atoms in total. The number of likely N-dealkylation sites (tertiary alicyclic amines) is 1. The van der Waals surface area contributed by atoms with Crippen molar-refractivity contribution >= 4 is 0 Å². The van der Waals surface area contributed by atoms with Gasteiger partial charge in [0.15, 0.2) is 0 Å². The van der Waals surface area contributed by atoms with Crippen molar-refractivity contribution in [1.82, 2.24) is 4.90 Å². The molecule has 0 spiro atoms. The Bertz CT molecular complexity index is 143. The zero-order valence-electron chi connectivity index (χ0n) is 10.2. The Kier molecular flexibility index (Phi) is 7.03. The molecule has 1 aliphatic heterocycles. The third-order valence-corrected chi connectivity index (χ3v) is 3.37. The molecule has 1 N–H and O–H groups in total. The van der Waals surface area contributed by atoms with Crippen LogP contribution in [0.5, 0.6) is 0 Å². The highest BCUT2D eigenvalue weighted by Gasteiger charge is 2.11. The van der Waals surface area contributed by atoms with Gasteiger partial charge in [0.2, 0.25) is 0 Å². The lowest BCUT2D eigenvalue weighted by Gasteiger charge is -2.27. The van der Waals surface area contributed by atoms with E-state index in [1.165, 1.54) is 51.6 Å². The fourth-order valence-corrected chi connectivity index (χ4v) is 2.29. The molecule has 1 heterocycles. The minimum Gasteiger partial charge on any atom is -0.393 e. The normalized spacial score (nSPS) is 20.4. The molecule has 1 aliphatic rings. The van der Waals surface area contributed by atoms with Crippen molar-refractivity contribution in [2.75, 3.05) is 19.6 Å². The quantitative estimate of drug-likeness (QED) is 0.657. The van der Waals surface area contributed by atoms with Crippen LogP contribution in [0.3, 0.4) is 0 Å². The van der Waals surface area contributed by atoms with Crippen LogP contribution in [0.25, 0.3) is 0 Å². The van der Waals surface area contributed by atoms with Gasteiger partial charge in [0.05, 0.1) is 6.10 Å². The minimum absolute atomic E-state index is 0.0570. The van der Waals surface area contributed by atoms with Crippen LogP contribution in [0.4, 0.5) is 0 Å². The summed E-state index contributed by atoms with van der Waals surface area (Å²) in [5.74, 6) is 0. The van der Waals surface area contributed by atoms with Crippen LogP contribution < -0.4 is 0 Å². The Balaban J connectivity index is 1.97. The van der Waals surface area contributed by atoms with Crippen molar-refractivity contribution in [3.8, 4) is 0 Å². The Morgan fingerprint density at radius 2 is 1.80 bits per heavy atom. The monoisotopic (exact) mass is 213 g/mol. The second-order valence-corrected chi connectivity index (χ2v) is 4.84. The molecule has 0 aromatic carbocycles. The highest BCUT2D eigenvalue weighted by molar-refractivity contribution is 4.66. The van der Waals surface area contributed by atoms with Gasteiger partial charge in [-0.3, -0.25) is 0 Å². The van der Waals surface area contributed by atoms with E-state index in [-0.39, 0.29) is 6.10 Å². The van der Waals surface area contributed by atoms with Crippen LogP contribution in [0.2, 0.25) is 0 Å². The van der Waals surface area contributed by atoms with Crippen molar-refractivity contribution in [1.29, 1.82) is 0 Å². The van der Waals surface area contributed by atoms with Gasteiger partial charge in [0, 0.05) is 6.54 Å². The van der Waals surface area contributed by atoms with Gasteiger partial charge in [0.1, 0.15) is 0 Å². The zero-order valence-corrected chi connectivity index (χ0v) is 10.2. The molecule has 0 radical (unpaired) electrons. The molecule has 0 aliphatic carbocycles. The van der Waals surface area contributed by atoms with Gasteiger partial charge in [0.25, 0.3) is 0 Å². The number of hydrogen-bond acceptors (Lipinski definition) is 2. The Morgan fingerprint density at radius 3 is 2.47 bits per heavy atom. The number of unbranched alkanes of at least 4 members (excludes halogenated alkanes) is 2. The van der Waals surface area contributed by atoms with Gasteiger partial charge in [-0.2, -0.15) is 0 Å². The largest absolute Gasteiger partial charge is 0.393 e. The van der Waals surface area contributed by atoms with Gasteiger partial charge in [-0.05, 0) is 38.8 Å². The minimum atomic E-state index is -0.0570. The lowest BCUT2D eigenvalue weighted by molar-refractivity contribution is 0.123. The van der Waals surface area contributed by atoms with Crippen LogP contribution in [0, 0.1) is 0 Å². The molecule has 90 valence electrons. The van der Waals surface area contributed by atoms with E-state index in [1.54, 1.807) is 0 Å². The molecule has 1 saturated heterocycles. The Hall–Kier alpha value is -0.0800. The van der Waals surface area contributed by atoms with E-state index in [0.29, 0.717) is 0 Å². The Labute approximate surface area is 94.7 Å². The van der Waals surface area contributed by atoms with E-state index in [0.717, 1.165) is 19.4 Å². The smallest absolute Gasteiger partial charge is 0.0552 e. The fourth-order valence-electron chi connectivity index (χ4n) is 2.29. The number of nitrogens with zero attached hydrogens (tertiary/aromatic N) is 1. The number of aliphatic hydroxyl groups excluding tert-OH is 1. The molecule has 0 amide bonds. The number of piperidine rings is 1. The van der Waals surface area contributed by atoms with Gasteiger partial charge in [-0.1, -0.05) is 32.6 Å². The van der Waals surface area contributed by atoms with Crippen molar-refractivity contribution in [2.45, 2.75) is 64.4 Å². The maximum atomic E-state index is 9.78. The van der Waals surface area contributed by atoms with E-state index < -0.39 is 0 Å². The summed E-state index contributed by atoms with van der Waals surface area (Å²) in [5, 5.41) is 9.78. The van der Waals surface area contributed by atoms with Gasteiger partial charge >= 0.3 is 0 Å². The molecule has 0 bridgehead atoms. The van der Waals surface area contributed by atoms with Crippen LogP contribution in [0.15, 0.2) is 0 Å². The van der Waals surface area contributed by atoms with E-state index >= 15 is 0 Å². The summed E-state index contributed by atoms with van der Waals surface area (Å²) < 4.78 is 0.